The van der Waals surface area contributed by atoms with Crippen molar-refractivity contribution in [3.05, 3.63) is 11.6 Å². The van der Waals surface area contributed by atoms with Crippen LogP contribution in [-0.4, -0.2) is 24.4 Å². The molecule has 0 heterocycles. The van der Waals surface area contributed by atoms with Gasteiger partial charge in [0.25, 0.3) is 0 Å². The maximum atomic E-state index is 13.4. The van der Waals surface area contributed by atoms with Gasteiger partial charge in [-0.15, -0.1) is 0 Å². The van der Waals surface area contributed by atoms with Crippen molar-refractivity contribution in [1.82, 2.24) is 0 Å². The summed E-state index contributed by atoms with van der Waals surface area (Å²) in [6.45, 7) is 12.0. The number of halogens is 4. The Hall–Kier alpha value is -1.07. The van der Waals surface area contributed by atoms with Crippen LogP contribution in [0.3, 0.4) is 0 Å². The molecular formula is C30H46F4O2. The second kappa shape index (κ2) is 10.2. The van der Waals surface area contributed by atoms with Crippen LogP contribution in [0.25, 0.3) is 0 Å². The summed E-state index contributed by atoms with van der Waals surface area (Å²) in [5.74, 6) is -2.58. The maximum Gasteiger partial charge on any atom is 0.401 e. The fraction of sp³-hybridized carbons (Fsp3) is 0.900. The lowest BCUT2D eigenvalue weighted by Gasteiger charge is -2.58. The Kier molecular flexibility index (Phi) is 7.95. The number of hydrogen-bond donors (Lipinski definition) is 0. The van der Waals surface area contributed by atoms with Gasteiger partial charge in [0.1, 0.15) is 6.10 Å². The zero-order valence-corrected chi connectivity index (χ0v) is 22.8. The van der Waals surface area contributed by atoms with Crippen LogP contribution in [0.1, 0.15) is 105 Å². The molecule has 4 rings (SSSR count). The van der Waals surface area contributed by atoms with Crippen LogP contribution in [0, 0.1) is 46.3 Å². The molecule has 8 atom stereocenters. The van der Waals surface area contributed by atoms with Gasteiger partial charge in [-0.3, -0.25) is 0 Å². The highest BCUT2D eigenvalue weighted by Gasteiger charge is 2.59. The average Bonchev–Trinajstić information content (AvgIpc) is 3.16. The van der Waals surface area contributed by atoms with E-state index in [2.05, 4.69) is 40.7 Å². The highest BCUT2D eigenvalue weighted by Crippen LogP contribution is 2.67. The number of alkyl halides is 4. The summed E-state index contributed by atoms with van der Waals surface area (Å²) in [4.78, 5) is 11.7. The molecule has 0 N–H and O–H groups in total. The van der Waals surface area contributed by atoms with Crippen molar-refractivity contribution in [3.63, 3.8) is 0 Å². The minimum Gasteiger partial charge on any atom is -0.457 e. The summed E-state index contributed by atoms with van der Waals surface area (Å²) < 4.78 is 56.9. The molecule has 2 nitrogen and oxygen atoms in total. The molecule has 0 aromatic rings. The second-order valence-electron chi connectivity index (χ2n) is 13.5. The molecule has 3 fully saturated rings. The SMILES string of the molecule is CC(C)CCC[C@@H](C)[C@H]1CC[C@H]2[C@@H]3CC=C4C[C@@H](OC(=O)C(F)(F)C(F)F)CC[C@]4(C)[C@H]3CC[C@]12C. The fourth-order valence-corrected chi connectivity index (χ4v) is 9.07. The Bertz CT molecular complexity index is 839. The molecule has 0 bridgehead atoms. The molecule has 206 valence electrons. The normalized spacial score (nSPS) is 39.3. The van der Waals surface area contributed by atoms with Gasteiger partial charge < -0.3 is 4.74 Å². The maximum absolute atomic E-state index is 13.4. The highest BCUT2D eigenvalue weighted by atomic mass is 19.3. The molecule has 6 heteroatoms. The number of ether oxygens (including phenoxy) is 1. The van der Waals surface area contributed by atoms with E-state index in [1.807, 2.05) is 0 Å². The van der Waals surface area contributed by atoms with Gasteiger partial charge in [-0.05, 0) is 91.3 Å². The van der Waals surface area contributed by atoms with Gasteiger partial charge in [0.05, 0.1) is 0 Å². The van der Waals surface area contributed by atoms with Crippen LogP contribution in [-0.2, 0) is 9.53 Å². The first-order chi connectivity index (χ1) is 16.8. The number of rotatable bonds is 8. The zero-order chi connectivity index (χ0) is 26.5. The molecule has 0 amide bonds. The molecule has 0 unspecified atom stereocenters. The summed E-state index contributed by atoms with van der Waals surface area (Å²) in [6, 6.07) is 0. The highest BCUT2D eigenvalue weighted by molar-refractivity contribution is 5.78. The first-order valence-corrected chi connectivity index (χ1v) is 14.4. The summed E-state index contributed by atoms with van der Waals surface area (Å²) in [7, 11) is 0. The predicted octanol–water partition coefficient (Wildman–Crippen LogP) is 8.84. The average molecular weight is 515 g/mol. The number of allylic oxidation sites excluding steroid dienone is 1. The Balaban J connectivity index is 1.43. The van der Waals surface area contributed by atoms with Gasteiger partial charge in [-0.25, -0.2) is 13.6 Å². The first kappa shape index (κ1) is 28.0. The monoisotopic (exact) mass is 514 g/mol. The summed E-state index contributed by atoms with van der Waals surface area (Å²) in [5.41, 5.74) is 1.57. The largest absolute Gasteiger partial charge is 0.457 e. The van der Waals surface area contributed by atoms with Crippen molar-refractivity contribution in [2.45, 2.75) is 124 Å². The van der Waals surface area contributed by atoms with E-state index in [1.165, 1.54) is 50.5 Å². The number of esters is 1. The molecule has 0 saturated heterocycles. The molecule has 4 aliphatic rings. The van der Waals surface area contributed by atoms with Gasteiger partial charge in [-0.2, -0.15) is 8.78 Å². The Labute approximate surface area is 215 Å². The lowest BCUT2D eigenvalue weighted by atomic mass is 9.47. The van der Waals surface area contributed by atoms with E-state index in [1.54, 1.807) is 0 Å². The zero-order valence-electron chi connectivity index (χ0n) is 22.8. The number of carbonyl (C=O) groups is 1. The molecule has 3 saturated carbocycles. The van der Waals surface area contributed by atoms with Crippen molar-refractivity contribution in [1.29, 1.82) is 0 Å². The van der Waals surface area contributed by atoms with E-state index in [9.17, 15) is 22.4 Å². The van der Waals surface area contributed by atoms with Crippen LogP contribution in [0.4, 0.5) is 17.6 Å². The van der Waals surface area contributed by atoms with Gasteiger partial charge in [-0.1, -0.05) is 65.5 Å². The topological polar surface area (TPSA) is 26.3 Å². The fourth-order valence-electron chi connectivity index (χ4n) is 9.07. The van der Waals surface area contributed by atoms with Crippen molar-refractivity contribution < 1.29 is 27.1 Å². The Morgan fingerprint density at radius 1 is 1.06 bits per heavy atom. The number of carbonyl (C=O) groups excluding carboxylic acids is 1. The summed E-state index contributed by atoms with van der Waals surface area (Å²) in [6.07, 6.45) is 9.14. The second-order valence-corrected chi connectivity index (χ2v) is 13.5. The Morgan fingerprint density at radius 3 is 2.44 bits per heavy atom. The summed E-state index contributed by atoms with van der Waals surface area (Å²) in [5, 5.41) is 0. The molecule has 0 aromatic carbocycles. The third-order valence-corrected chi connectivity index (χ3v) is 11.1. The van der Waals surface area contributed by atoms with Crippen LogP contribution in [0.15, 0.2) is 11.6 Å². The lowest BCUT2D eigenvalue weighted by molar-refractivity contribution is -0.200. The molecule has 0 aromatic heterocycles. The standard InChI is InChI=1S/C30H46F4O2/c1-18(2)7-6-8-19(3)23-11-12-24-22-10-9-20-17-21(36-27(35)30(33,34)26(31)32)13-15-28(20,4)25(22)14-16-29(23,24)5/h9,18-19,21-26H,6-8,10-17H2,1-5H3/t19-,21+,22+,23-,24+,25+,28+,29-/m1/s1. The lowest BCUT2D eigenvalue weighted by Crippen LogP contribution is -2.51. The van der Waals surface area contributed by atoms with Gasteiger partial charge >= 0.3 is 18.3 Å². The Morgan fingerprint density at radius 2 is 1.78 bits per heavy atom. The van der Waals surface area contributed by atoms with E-state index in [-0.39, 0.29) is 5.41 Å². The quantitative estimate of drug-likeness (QED) is 0.184. The molecular weight excluding hydrogens is 468 g/mol. The van der Waals surface area contributed by atoms with Crippen LogP contribution in [0.5, 0.6) is 0 Å². The third-order valence-electron chi connectivity index (χ3n) is 11.1. The van der Waals surface area contributed by atoms with E-state index in [4.69, 9.17) is 4.74 Å². The minimum atomic E-state index is -4.74. The third kappa shape index (κ3) is 4.88. The van der Waals surface area contributed by atoms with Crippen molar-refractivity contribution in [2.24, 2.45) is 46.3 Å². The van der Waals surface area contributed by atoms with E-state index in [0.29, 0.717) is 30.1 Å². The van der Waals surface area contributed by atoms with Crippen molar-refractivity contribution in [2.75, 3.05) is 0 Å². The molecule has 0 aliphatic heterocycles. The van der Waals surface area contributed by atoms with Gasteiger partial charge in [0, 0.05) is 6.42 Å². The van der Waals surface area contributed by atoms with E-state index < -0.39 is 24.4 Å². The summed E-state index contributed by atoms with van der Waals surface area (Å²) >= 11 is 0. The molecule has 4 aliphatic carbocycles. The number of fused-ring (bicyclic) bond motifs is 5. The molecule has 36 heavy (non-hydrogen) atoms. The predicted molar refractivity (Wildman–Crippen MR) is 134 cm³/mol. The minimum absolute atomic E-state index is 0.0145. The van der Waals surface area contributed by atoms with Crippen molar-refractivity contribution >= 4 is 5.97 Å². The van der Waals surface area contributed by atoms with Crippen LogP contribution in [0.2, 0.25) is 0 Å². The first-order valence-electron chi connectivity index (χ1n) is 14.4. The van der Waals surface area contributed by atoms with E-state index >= 15 is 0 Å². The number of hydrogen-bond acceptors (Lipinski definition) is 2. The smallest absolute Gasteiger partial charge is 0.401 e. The van der Waals surface area contributed by atoms with E-state index in [0.717, 1.165) is 36.5 Å². The van der Waals surface area contributed by atoms with Crippen LogP contribution >= 0.6 is 0 Å². The van der Waals surface area contributed by atoms with Gasteiger partial charge in [0.2, 0.25) is 0 Å². The molecule has 0 spiro atoms. The van der Waals surface area contributed by atoms with Gasteiger partial charge in [0.15, 0.2) is 0 Å². The molecule has 0 radical (unpaired) electrons. The van der Waals surface area contributed by atoms with Crippen molar-refractivity contribution in [3.8, 4) is 0 Å². The van der Waals surface area contributed by atoms with Crippen LogP contribution < -0.4 is 0 Å².